The first kappa shape index (κ1) is 10.6. The van der Waals surface area contributed by atoms with E-state index in [4.69, 9.17) is 10.4 Å². The summed E-state index contributed by atoms with van der Waals surface area (Å²) in [6.07, 6.45) is 1.77. The number of anilines is 1. The molecule has 90 valence electrons. The van der Waals surface area contributed by atoms with Crippen LogP contribution in [0.4, 0.5) is 10.6 Å². The number of hydrogen-bond acceptors (Lipinski definition) is 3. The van der Waals surface area contributed by atoms with Gasteiger partial charge in [-0.3, -0.25) is 5.32 Å². The monoisotopic (exact) mass is 242 g/mol. The second-order valence-corrected chi connectivity index (χ2v) is 4.22. The number of aryl methyl sites for hydroxylation is 2. The molecule has 6 nitrogen and oxygen atoms in total. The van der Waals surface area contributed by atoms with E-state index in [0.29, 0.717) is 5.52 Å². The Hall–Kier alpha value is -2.55. The van der Waals surface area contributed by atoms with Gasteiger partial charge in [-0.15, -0.1) is 5.10 Å². The van der Waals surface area contributed by atoms with Crippen molar-refractivity contribution in [3.05, 3.63) is 29.0 Å². The molecule has 18 heavy (non-hydrogen) atoms. The number of nitrogens with one attached hydrogen (secondary N) is 1. The molecule has 2 aromatic rings. The van der Waals surface area contributed by atoms with Crippen LogP contribution in [0.25, 0.3) is 5.52 Å². The van der Waals surface area contributed by atoms with Crippen LogP contribution in [0, 0.1) is 11.3 Å². The number of nitriles is 1. The first-order valence-corrected chi connectivity index (χ1v) is 5.64. The Bertz CT molecular complexity index is 696. The molecule has 1 amide bonds. The molecule has 0 saturated carbocycles. The van der Waals surface area contributed by atoms with Gasteiger partial charge >= 0.3 is 6.09 Å². The molecule has 2 N–H and O–H groups in total. The van der Waals surface area contributed by atoms with Crippen molar-refractivity contribution < 1.29 is 9.90 Å². The van der Waals surface area contributed by atoms with Crippen molar-refractivity contribution in [2.75, 3.05) is 5.32 Å². The Morgan fingerprint density at radius 3 is 3.06 bits per heavy atom. The zero-order valence-electron chi connectivity index (χ0n) is 9.47. The molecule has 2 heterocycles. The van der Waals surface area contributed by atoms with Gasteiger partial charge in [0.2, 0.25) is 0 Å². The number of carboxylic acid groups (broad SMARTS) is 1. The van der Waals surface area contributed by atoms with Gasteiger partial charge in [0, 0.05) is 5.69 Å². The topological polar surface area (TPSA) is 90.4 Å². The van der Waals surface area contributed by atoms with Crippen molar-refractivity contribution in [1.82, 2.24) is 9.61 Å². The molecule has 0 unspecified atom stereocenters. The van der Waals surface area contributed by atoms with Crippen molar-refractivity contribution in [3.63, 3.8) is 0 Å². The van der Waals surface area contributed by atoms with Crippen molar-refractivity contribution in [2.24, 2.45) is 0 Å². The molecule has 0 radical (unpaired) electrons. The Labute approximate surface area is 102 Å². The summed E-state index contributed by atoms with van der Waals surface area (Å²) in [5.41, 5.74) is 3.22. The molecule has 1 aliphatic carbocycles. The van der Waals surface area contributed by atoms with Crippen LogP contribution < -0.4 is 5.32 Å². The lowest BCUT2D eigenvalue weighted by Crippen LogP contribution is -2.09. The second kappa shape index (κ2) is 3.74. The molecular weight excluding hydrogens is 232 g/mol. The van der Waals surface area contributed by atoms with E-state index in [0.717, 1.165) is 25.0 Å². The molecule has 0 aliphatic heterocycles. The molecule has 1 aliphatic rings. The van der Waals surface area contributed by atoms with Crippen molar-refractivity contribution in [1.29, 1.82) is 5.26 Å². The maximum absolute atomic E-state index is 10.7. The van der Waals surface area contributed by atoms with E-state index >= 15 is 0 Å². The van der Waals surface area contributed by atoms with E-state index in [2.05, 4.69) is 10.4 Å². The normalized spacial score (nSPS) is 13.3. The smallest absolute Gasteiger partial charge is 0.410 e. The van der Waals surface area contributed by atoms with E-state index < -0.39 is 6.09 Å². The molecule has 0 aromatic carbocycles. The Balaban J connectivity index is 2.27. The highest BCUT2D eigenvalue weighted by Crippen LogP contribution is 2.27. The van der Waals surface area contributed by atoms with Gasteiger partial charge in [0.15, 0.2) is 5.82 Å². The van der Waals surface area contributed by atoms with E-state index in [1.165, 1.54) is 5.56 Å². The Morgan fingerprint density at radius 1 is 1.50 bits per heavy atom. The van der Waals surface area contributed by atoms with Crippen LogP contribution in [0.2, 0.25) is 0 Å². The lowest BCUT2D eigenvalue weighted by Gasteiger charge is -2.01. The predicted octanol–water partition coefficient (Wildman–Crippen LogP) is 1.78. The summed E-state index contributed by atoms with van der Waals surface area (Å²) in [6, 6.07) is 5.82. The minimum Gasteiger partial charge on any atom is -0.465 e. The number of aromatic nitrogens is 2. The SMILES string of the molecule is N#Cc1c(NC(=O)O)nn2c3c(ccc12)CCC3. The summed E-state index contributed by atoms with van der Waals surface area (Å²) in [4.78, 5) is 10.7. The van der Waals surface area contributed by atoms with Crippen LogP contribution in [-0.4, -0.2) is 20.8 Å². The van der Waals surface area contributed by atoms with Gasteiger partial charge in [-0.25, -0.2) is 9.31 Å². The summed E-state index contributed by atoms with van der Waals surface area (Å²) >= 11 is 0. The fourth-order valence-electron chi connectivity index (χ4n) is 2.44. The summed E-state index contributed by atoms with van der Waals surface area (Å²) in [6.45, 7) is 0. The summed E-state index contributed by atoms with van der Waals surface area (Å²) < 4.78 is 1.69. The van der Waals surface area contributed by atoms with Gasteiger partial charge < -0.3 is 5.11 Å². The van der Waals surface area contributed by atoms with Gasteiger partial charge in [-0.1, -0.05) is 6.07 Å². The number of rotatable bonds is 1. The van der Waals surface area contributed by atoms with Crippen molar-refractivity contribution >= 4 is 17.4 Å². The number of amides is 1. The lowest BCUT2D eigenvalue weighted by atomic mass is 10.2. The third-order valence-electron chi connectivity index (χ3n) is 3.19. The maximum Gasteiger partial charge on any atom is 0.410 e. The zero-order valence-corrected chi connectivity index (χ0v) is 9.47. The molecule has 0 bridgehead atoms. The molecule has 3 rings (SSSR count). The first-order valence-electron chi connectivity index (χ1n) is 5.64. The first-order chi connectivity index (χ1) is 8.70. The van der Waals surface area contributed by atoms with Crippen molar-refractivity contribution in [2.45, 2.75) is 19.3 Å². The Kier molecular flexibility index (Phi) is 2.20. The molecule has 6 heteroatoms. The molecular formula is C12H10N4O2. The molecule has 0 spiro atoms. The van der Waals surface area contributed by atoms with Crippen LogP contribution >= 0.6 is 0 Å². The summed E-state index contributed by atoms with van der Waals surface area (Å²) in [5, 5.41) is 24.2. The van der Waals surface area contributed by atoms with Gasteiger partial charge in [0.05, 0.1) is 5.52 Å². The average molecular weight is 242 g/mol. The van der Waals surface area contributed by atoms with Crippen LogP contribution in [0.5, 0.6) is 0 Å². The number of hydrogen-bond donors (Lipinski definition) is 2. The molecule has 0 atom stereocenters. The number of pyridine rings is 1. The Morgan fingerprint density at radius 2 is 2.33 bits per heavy atom. The number of nitrogens with zero attached hydrogens (tertiary/aromatic N) is 3. The van der Waals surface area contributed by atoms with Crippen molar-refractivity contribution in [3.8, 4) is 6.07 Å². The fraction of sp³-hybridized carbons (Fsp3) is 0.250. The highest BCUT2D eigenvalue weighted by molar-refractivity contribution is 5.86. The zero-order chi connectivity index (χ0) is 12.7. The minimum absolute atomic E-state index is 0.102. The van der Waals surface area contributed by atoms with Gasteiger partial charge in [0.25, 0.3) is 0 Å². The minimum atomic E-state index is -1.22. The average Bonchev–Trinajstić information content (AvgIpc) is 2.90. The third kappa shape index (κ3) is 1.41. The van der Waals surface area contributed by atoms with Crippen LogP contribution in [0.15, 0.2) is 12.1 Å². The van der Waals surface area contributed by atoms with E-state index in [1.807, 2.05) is 18.2 Å². The quantitative estimate of drug-likeness (QED) is 0.797. The van der Waals surface area contributed by atoms with Gasteiger partial charge in [-0.2, -0.15) is 5.26 Å². The van der Waals surface area contributed by atoms with Gasteiger partial charge in [-0.05, 0) is 30.9 Å². The fourth-order valence-corrected chi connectivity index (χ4v) is 2.44. The molecule has 2 aromatic heterocycles. The van der Waals surface area contributed by atoms with Crippen LogP contribution in [-0.2, 0) is 12.8 Å². The lowest BCUT2D eigenvalue weighted by molar-refractivity contribution is 0.209. The predicted molar refractivity (Wildman–Crippen MR) is 63.6 cm³/mol. The second-order valence-electron chi connectivity index (χ2n) is 4.22. The summed E-state index contributed by atoms with van der Waals surface area (Å²) in [5.74, 6) is 0.102. The van der Waals surface area contributed by atoms with Gasteiger partial charge in [0.1, 0.15) is 11.6 Å². The van der Waals surface area contributed by atoms with E-state index in [9.17, 15) is 4.79 Å². The standard InChI is InChI=1S/C12H10N4O2/c13-6-8-10-5-4-7-2-1-3-9(7)16(10)15-11(8)14-12(17)18/h4-5H,1-3H2,(H,14,15)(H,17,18). The maximum atomic E-state index is 10.7. The number of fused-ring (bicyclic) bond motifs is 3. The van der Waals surface area contributed by atoms with Crippen LogP contribution in [0.3, 0.4) is 0 Å². The summed E-state index contributed by atoms with van der Waals surface area (Å²) in [7, 11) is 0. The number of carbonyl (C=O) groups is 1. The van der Waals surface area contributed by atoms with E-state index in [-0.39, 0.29) is 11.4 Å². The third-order valence-corrected chi connectivity index (χ3v) is 3.19. The van der Waals surface area contributed by atoms with E-state index in [1.54, 1.807) is 4.52 Å². The highest BCUT2D eigenvalue weighted by Gasteiger charge is 2.20. The van der Waals surface area contributed by atoms with Crippen LogP contribution in [0.1, 0.15) is 23.2 Å². The molecule has 0 saturated heterocycles. The molecule has 0 fully saturated rings. The largest absolute Gasteiger partial charge is 0.465 e. The highest BCUT2D eigenvalue weighted by atomic mass is 16.4.